The second-order valence-electron chi connectivity index (χ2n) is 6.03. The van der Waals surface area contributed by atoms with Crippen molar-refractivity contribution in [1.82, 2.24) is 29.0 Å². The minimum atomic E-state index is 0.0322. The molecule has 0 saturated carbocycles. The van der Waals surface area contributed by atoms with Crippen LogP contribution in [0.25, 0.3) is 5.65 Å². The minimum absolute atomic E-state index is 0.0322. The third-order valence-electron chi connectivity index (χ3n) is 4.40. The van der Waals surface area contributed by atoms with Gasteiger partial charge in [0.2, 0.25) is 0 Å². The minimum Gasteiger partial charge on any atom is -0.353 e. The van der Waals surface area contributed by atoms with Gasteiger partial charge in [0.25, 0.3) is 5.91 Å². The molecule has 0 aliphatic carbocycles. The maximum atomic E-state index is 12.6. The molecule has 3 aromatic rings. The highest BCUT2D eigenvalue weighted by atomic mass is 16.2. The summed E-state index contributed by atoms with van der Waals surface area (Å²) in [6, 6.07) is 3.94. The monoisotopic (exact) mass is 325 g/mol. The van der Waals surface area contributed by atoms with Crippen molar-refractivity contribution < 1.29 is 4.79 Å². The number of carbonyl (C=O) groups excluding carboxylic acids is 1. The summed E-state index contributed by atoms with van der Waals surface area (Å²) in [4.78, 5) is 25.2. The van der Waals surface area contributed by atoms with Crippen molar-refractivity contribution >= 4 is 17.4 Å². The first-order chi connectivity index (χ1) is 11.6. The topological polar surface area (TPSA) is 71.6 Å². The summed E-state index contributed by atoms with van der Waals surface area (Å²) in [7, 11) is 1.84. The molecule has 1 aliphatic rings. The molecule has 4 heterocycles. The van der Waals surface area contributed by atoms with Crippen LogP contribution >= 0.6 is 0 Å². The van der Waals surface area contributed by atoms with Gasteiger partial charge in [-0.25, -0.2) is 9.97 Å². The van der Waals surface area contributed by atoms with Crippen molar-refractivity contribution in [2.45, 2.75) is 6.92 Å². The van der Waals surface area contributed by atoms with E-state index in [0.29, 0.717) is 18.8 Å². The van der Waals surface area contributed by atoms with Gasteiger partial charge < -0.3 is 14.4 Å². The fraction of sp³-hybridized carbons (Fsp3) is 0.375. The van der Waals surface area contributed by atoms with E-state index in [1.807, 2.05) is 35.5 Å². The molecule has 0 bridgehead atoms. The Bertz CT molecular complexity index is 889. The second kappa shape index (κ2) is 5.63. The molecular weight excluding hydrogens is 306 g/mol. The number of piperazine rings is 1. The maximum absolute atomic E-state index is 12.6. The SMILES string of the molecule is Cc1cc(N2CCN(C(=O)c3cncn3C)CC2)n2nccc2n1. The average molecular weight is 325 g/mol. The predicted molar refractivity (Wildman–Crippen MR) is 89.0 cm³/mol. The number of nitrogens with zero attached hydrogens (tertiary/aromatic N) is 7. The zero-order valence-electron chi connectivity index (χ0n) is 13.8. The highest BCUT2D eigenvalue weighted by Crippen LogP contribution is 2.19. The van der Waals surface area contributed by atoms with Crippen LogP contribution in [-0.2, 0) is 7.05 Å². The summed E-state index contributed by atoms with van der Waals surface area (Å²) >= 11 is 0. The Morgan fingerprint density at radius 1 is 1.21 bits per heavy atom. The van der Waals surface area contributed by atoms with E-state index in [0.717, 1.165) is 30.2 Å². The Kier molecular flexibility index (Phi) is 3.44. The summed E-state index contributed by atoms with van der Waals surface area (Å²) in [5.41, 5.74) is 2.43. The number of imidazole rings is 1. The van der Waals surface area contributed by atoms with Gasteiger partial charge in [0.1, 0.15) is 11.5 Å². The largest absolute Gasteiger partial charge is 0.353 e. The maximum Gasteiger partial charge on any atom is 0.272 e. The molecule has 0 radical (unpaired) electrons. The summed E-state index contributed by atoms with van der Waals surface area (Å²) in [6.45, 7) is 4.87. The lowest BCUT2D eigenvalue weighted by Gasteiger charge is -2.36. The molecule has 8 nitrogen and oxygen atoms in total. The smallest absolute Gasteiger partial charge is 0.272 e. The van der Waals surface area contributed by atoms with Gasteiger partial charge >= 0.3 is 0 Å². The number of amides is 1. The lowest BCUT2D eigenvalue weighted by Crippen LogP contribution is -2.49. The summed E-state index contributed by atoms with van der Waals surface area (Å²) in [5.74, 6) is 1.06. The van der Waals surface area contributed by atoms with Crippen molar-refractivity contribution in [1.29, 1.82) is 0 Å². The molecule has 0 N–H and O–H groups in total. The van der Waals surface area contributed by atoms with E-state index < -0.39 is 0 Å². The molecule has 124 valence electrons. The number of hydrogen-bond acceptors (Lipinski definition) is 5. The van der Waals surface area contributed by atoms with Gasteiger partial charge in [-0.3, -0.25) is 4.79 Å². The number of carbonyl (C=O) groups is 1. The molecule has 24 heavy (non-hydrogen) atoms. The summed E-state index contributed by atoms with van der Waals surface area (Å²) in [5, 5.41) is 4.36. The Labute approximate surface area is 139 Å². The molecule has 3 aromatic heterocycles. The van der Waals surface area contributed by atoms with E-state index in [9.17, 15) is 4.79 Å². The first kappa shape index (κ1) is 14.7. The standard InChI is InChI=1S/C16H19N7O/c1-12-9-15(23-14(19-12)3-4-18-23)21-5-7-22(8-6-21)16(24)13-10-17-11-20(13)2/h3-4,9-11H,5-8H2,1-2H3. The Morgan fingerprint density at radius 3 is 2.71 bits per heavy atom. The first-order valence-corrected chi connectivity index (χ1v) is 7.95. The van der Waals surface area contributed by atoms with Crippen molar-refractivity contribution in [3.8, 4) is 0 Å². The van der Waals surface area contributed by atoms with Crippen molar-refractivity contribution in [2.24, 2.45) is 7.05 Å². The van der Waals surface area contributed by atoms with Crippen LogP contribution in [0.15, 0.2) is 30.9 Å². The molecular formula is C16H19N7O. The zero-order chi connectivity index (χ0) is 16.7. The van der Waals surface area contributed by atoms with Crippen LogP contribution in [0.4, 0.5) is 5.82 Å². The second-order valence-corrected chi connectivity index (χ2v) is 6.03. The number of fused-ring (bicyclic) bond motifs is 1. The third-order valence-corrected chi connectivity index (χ3v) is 4.40. The van der Waals surface area contributed by atoms with Gasteiger partial charge in [-0.15, -0.1) is 0 Å². The van der Waals surface area contributed by atoms with E-state index in [2.05, 4.69) is 20.0 Å². The molecule has 0 spiro atoms. The number of hydrogen-bond donors (Lipinski definition) is 0. The van der Waals surface area contributed by atoms with Crippen LogP contribution in [0, 0.1) is 6.92 Å². The number of aryl methyl sites for hydroxylation is 2. The van der Waals surface area contributed by atoms with E-state index in [1.54, 1.807) is 23.3 Å². The lowest BCUT2D eigenvalue weighted by molar-refractivity contribution is 0.0736. The summed E-state index contributed by atoms with van der Waals surface area (Å²) in [6.07, 6.45) is 5.03. The van der Waals surface area contributed by atoms with Crippen molar-refractivity contribution in [3.05, 3.63) is 42.2 Å². The number of anilines is 1. The number of aromatic nitrogens is 5. The number of rotatable bonds is 2. The van der Waals surface area contributed by atoms with Crippen LogP contribution in [0.3, 0.4) is 0 Å². The van der Waals surface area contributed by atoms with Crippen molar-refractivity contribution in [3.63, 3.8) is 0 Å². The van der Waals surface area contributed by atoms with Crippen LogP contribution in [0.2, 0.25) is 0 Å². The van der Waals surface area contributed by atoms with Gasteiger partial charge in [-0.1, -0.05) is 0 Å². The molecule has 8 heteroatoms. The van der Waals surface area contributed by atoms with Gasteiger partial charge in [0, 0.05) is 51.1 Å². The summed E-state index contributed by atoms with van der Waals surface area (Å²) < 4.78 is 3.61. The van der Waals surface area contributed by atoms with Crippen LogP contribution in [0.5, 0.6) is 0 Å². The fourth-order valence-electron chi connectivity index (χ4n) is 3.11. The molecule has 0 atom stereocenters. The third kappa shape index (κ3) is 2.40. The highest BCUT2D eigenvalue weighted by Gasteiger charge is 2.25. The molecule has 1 aliphatic heterocycles. The molecule has 4 rings (SSSR count). The van der Waals surface area contributed by atoms with Gasteiger partial charge in [-0.05, 0) is 6.92 Å². The van der Waals surface area contributed by atoms with Crippen molar-refractivity contribution in [2.75, 3.05) is 31.1 Å². The zero-order valence-corrected chi connectivity index (χ0v) is 13.8. The van der Waals surface area contributed by atoms with Crippen LogP contribution in [-0.4, -0.2) is 61.1 Å². The molecule has 0 aromatic carbocycles. The Balaban J connectivity index is 1.53. The normalized spacial score (nSPS) is 15.2. The fourth-order valence-corrected chi connectivity index (χ4v) is 3.11. The first-order valence-electron chi connectivity index (χ1n) is 7.95. The highest BCUT2D eigenvalue weighted by molar-refractivity contribution is 5.92. The van der Waals surface area contributed by atoms with Gasteiger partial charge in [0.15, 0.2) is 5.65 Å². The van der Waals surface area contributed by atoms with E-state index >= 15 is 0 Å². The molecule has 1 amide bonds. The Morgan fingerprint density at radius 2 is 2.00 bits per heavy atom. The average Bonchev–Trinajstić information content (AvgIpc) is 3.22. The Hall–Kier alpha value is -2.90. The lowest BCUT2D eigenvalue weighted by atomic mass is 10.2. The quantitative estimate of drug-likeness (QED) is 0.695. The molecule has 0 unspecified atom stereocenters. The predicted octanol–water partition coefficient (Wildman–Crippen LogP) is 0.734. The van der Waals surface area contributed by atoms with Gasteiger partial charge in [0.05, 0.1) is 18.7 Å². The van der Waals surface area contributed by atoms with E-state index in [1.165, 1.54) is 0 Å². The van der Waals surface area contributed by atoms with Crippen LogP contribution < -0.4 is 4.90 Å². The van der Waals surface area contributed by atoms with Gasteiger partial charge in [-0.2, -0.15) is 9.61 Å². The van der Waals surface area contributed by atoms with E-state index in [-0.39, 0.29) is 5.91 Å². The van der Waals surface area contributed by atoms with E-state index in [4.69, 9.17) is 0 Å². The molecule has 1 saturated heterocycles. The van der Waals surface area contributed by atoms with Crippen LogP contribution in [0.1, 0.15) is 16.2 Å². The molecule has 1 fully saturated rings.